The molecule has 94 valence electrons. The van der Waals surface area contributed by atoms with Crippen molar-refractivity contribution in [2.75, 3.05) is 11.3 Å². The van der Waals surface area contributed by atoms with Crippen LogP contribution in [0.2, 0.25) is 0 Å². The van der Waals surface area contributed by atoms with Gasteiger partial charge in [-0.1, -0.05) is 5.10 Å². The number of sulfonamides is 1. The van der Waals surface area contributed by atoms with Crippen molar-refractivity contribution < 1.29 is 12.8 Å². The third kappa shape index (κ3) is 2.27. The lowest BCUT2D eigenvalue weighted by molar-refractivity contribution is 0.439. The highest BCUT2D eigenvalue weighted by atomic mass is 32.2. The van der Waals surface area contributed by atoms with Crippen LogP contribution in [-0.2, 0) is 10.0 Å². The molecule has 0 radical (unpaired) electrons. The van der Waals surface area contributed by atoms with Gasteiger partial charge >= 0.3 is 6.01 Å². The molecule has 1 aliphatic carbocycles. The molecule has 8 heteroatoms. The first-order valence-corrected chi connectivity index (χ1v) is 7.28. The van der Waals surface area contributed by atoms with E-state index in [9.17, 15) is 8.42 Å². The molecule has 17 heavy (non-hydrogen) atoms. The summed E-state index contributed by atoms with van der Waals surface area (Å²) in [4.78, 5) is 0. The van der Waals surface area contributed by atoms with E-state index < -0.39 is 10.0 Å². The van der Waals surface area contributed by atoms with Crippen molar-refractivity contribution in [1.82, 2.24) is 15.5 Å². The van der Waals surface area contributed by atoms with Gasteiger partial charge in [0.05, 0.1) is 11.3 Å². The molecule has 0 spiro atoms. The normalized spacial score (nSPS) is 25.1. The first-order chi connectivity index (χ1) is 8.15. The lowest BCUT2D eigenvalue weighted by Crippen LogP contribution is -2.17. The molecule has 2 aliphatic rings. The van der Waals surface area contributed by atoms with Crippen LogP contribution in [0.1, 0.15) is 37.6 Å². The first-order valence-electron chi connectivity index (χ1n) is 5.73. The van der Waals surface area contributed by atoms with Gasteiger partial charge in [0.1, 0.15) is 0 Å². The van der Waals surface area contributed by atoms with E-state index in [0.717, 1.165) is 19.4 Å². The summed E-state index contributed by atoms with van der Waals surface area (Å²) in [6.07, 6.45) is 3.42. The van der Waals surface area contributed by atoms with Gasteiger partial charge in [-0.25, -0.2) is 13.1 Å². The molecule has 2 heterocycles. The molecule has 1 aromatic rings. The highest BCUT2D eigenvalue weighted by Gasteiger charge is 2.37. The molecule has 2 fully saturated rings. The molecule has 1 saturated carbocycles. The summed E-state index contributed by atoms with van der Waals surface area (Å²) in [7, 11) is -3.32. The summed E-state index contributed by atoms with van der Waals surface area (Å²) in [5.74, 6) is 0.455. The maximum Gasteiger partial charge on any atom is 0.329 e. The predicted octanol–water partition coefficient (Wildman–Crippen LogP) is 0.398. The zero-order chi connectivity index (χ0) is 11.9. The minimum atomic E-state index is -3.32. The van der Waals surface area contributed by atoms with Crippen molar-refractivity contribution >= 4 is 16.0 Å². The van der Waals surface area contributed by atoms with Gasteiger partial charge in [0, 0.05) is 0 Å². The number of rotatable bonds is 4. The summed E-state index contributed by atoms with van der Waals surface area (Å²) in [5.41, 5.74) is 0. The second-order valence-corrected chi connectivity index (χ2v) is 6.40. The molecule has 1 aromatic heterocycles. The predicted molar refractivity (Wildman–Crippen MR) is 59.8 cm³/mol. The van der Waals surface area contributed by atoms with E-state index in [1.165, 1.54) is 0 Å². The van der Waals surface area contributed by atoms with Crippen LogP contribution in [0.5, 0.6) is 0 Å². The van der Waals surface area contributed by atoms with Gasteiger partial charge in [-0.2, -0.15) is 0 Å². The zero-order valence-electron chi connectivity index (χ0n) is 9.22. The number of hydrogen-bond donors (Lipinski definition) is 2. The van der Waals surface area contributed by atoms with Gasteiger partial charge in [-0.15, -0.1) is 5.10 Å². The summed E-state index contributed by atoms with van der Waals surface area (Å²) >= 11 is 0. The van der Waals surface area contributed by atoms with Gasteiger partial charge < -0.3 is 9.73 Å². The van der Waals surface area contributed by atoms with Crippen molar-refractivity contribution in [3.63, 3.8) is 0 Å². The smallest absolute Gasteiger partial charge is 0.329 e. The highest BCUT2D eigenvalue weighted by molar-refractivity contribution is 7.93. The molecule has 1 aliphatic heterocycles. The van der Waals surface area contributed by atoms with E-state index in [1.807, 2.05) is 0 Å². The quantitative estimate of drug-likeness (QED) is 0.811. The fraction of sp³-hybridized carbons (Fsp3) is 0.778. The lowest BCUT2D eigenvalue weighted by Gasteiger charge is -2.03. The van der Waals surface area contributed by atoms with Gasteiger partial charge in [0.2, 0.25) is 15.9 Å². The number of nitrogens with zero attached hydrogens (tertiary/aromatic N) is 2. The Bertz CT molecular complexity index is 502. The van der Waals surface area contributed by atoms with Crippen molar-refractivity contribution in [1.29, 1.82) is 0 Å². The van der Waals surface area contributed by atoms with Crippen molar-refractivity contribution in [3.05, 3.63) is 5.89 Å². The van der Waals surface area contributed by atoms with E-state index in [0.29, 0.717) is 18.7 Å². The Morgan fingerprint density at radius 2 is 2.12 bits per heavy atom. The Labute approximate surface area is 99.0 Å². The third-order valence-corrected chi connectivity index (χ3v) is 4.80. The lowest BCUT2D eigenvalue weighted by atomic mass is 10.2. The van der Waals surface area contributed by atoms with E-state index in [-0.39, 0.29) is 17.3 Å². The summed E-state index contributed by atoms with van der Waals surface area (Å²) in [6, 6.07) is 0.0299. The van der Waals surface area contributed by atoms with Gasteiger partial charge in [-0.05, 0) is 32.2 Å². The number of aromatic nitrogens is 2. The maximum atomic E-state index is 11.6. The van der Waals surface area contributed by atoms with Crippen LogP contribution in [0.25, 0.3) is 0 Å². The van der Waals surface area contributed by atoms with Gasteiger partial charge in [0.25, 0.3) is 0 Å². The largest absolute Gasteiger partial charge is 0.406 e. The Morgan fingerprint density at radius 1 is 1.29 bits per heavy atom. The van der Waals surface area contributed by atoms with E-state index in [1.54, 1.807) is 0 Å². The maximum absolute atomic E-state index is 11.6. The van der Waals surface area contributed by atoms with Crippen molar-refractivity contribution in [3.8, 4) is 0 Å². The van der Waals surface area contributed by atoms with Crippen LogP contribution in [0.4, 0.5) is 6.01 Å². The average Bonchev–Trinajstić information content (AvgIpc) is 2.84. The third-order valence-electron chi connectivity index (χ3n) is 2.99. The zero-order valence-corrected chi connectivity index (χ0v) is 10.0. The fourth-order valence-corrected chi connectivity index (χ4v) is 3.14. The molecular formula is C9H14N4O3S. The molecule has 1 unspecified atom stereocenters. The SMILES string of the molecule is O=S(=O)(Nc1nnc(C2CCCN2)o1)C1CC1. The van der Waals surface area contributed by atoms with Gasteiger partial charge in [-0.3, -0.25) is 0 Å². The molecule has 1 atom stereocenters. The number of nitrogens with one attached hydrogen (secondary N) is 2. The molecule has 0 bridgehead atoms. The van der Waals surface area contributed by atoms with E-state index in [2.05, 4.69) is 20.2 Å². The number of hydrogen-bond acceptors (Lipinski definition) is 6. The van der Waals surface area contributed by atoms with Crippen LogP contribution in [0.15, 0.2) is 4.42 Å². The second kappa shape index (κ2) is 3.95. The van der Waals surface area contributed by atoms with Crippen LogP contribution in [0.3, 0.4) is 0 Å². The topological polar surface area (TPSA) is 97.1 Å². The Kier molecular flexibility index (Phi) is 2.55. The van der Waals surface area contributed by atoms with Crippen LogP contribution < -0.4 is 10.0 Å². The van der Waals surface area contributed by atoms with Crippen LogP contribution >= 0.6 is 0 Å². The monoisotopic (exact) mass is 258 g/mol. The summed E-state index contributed by atoms with van der Waals surface area (Å²) in [6.45, 7) is 0.927. The van der Waals surface area contributed by atoms with E-state index in [4.69, 9.17) is 4.42 Å². The number of anilines is 1. The molecule has 2 N–H and O–H groups in total. The minimum Gasteiger partial charge on any atom is -0.406 e. The molecular weight excluding hydrogens is 244 g/mol. The van der Waals surface area contributed by atoms with Crippen molar-refractivity contribution in [2.45, 2.75) is 37.0 Å². The van der Waals surface area contributed by atoms with Crippen molar-refractivity contribution in [2.24, 2.45) is 0 Å². The average molecular weight is 258 g/mol. The summed E-state index contributed by atoms with van der Waals surface area (Å²) in [5, 5.41) is 10.5. The molecule has 0 aromatic carbocycles. The van der Waals surface area contributed by atoms with Crippen LogP contribution in [-0.4, -0.2) is 30.4 Å². The van der Waals surface area contributed by atoms with Gasteiger partial charge in [0.15, 0.2) is 0 Å². The Morgan fingerprint density at radius 3 is 2.76 bits per heavy atom. The summed E-state index contributed by atoms with van der Waals surface area (Å²) < 4.78 is 30.9. The second-order valence-electron chi connectivity index (χ2n) is 4.44. The van der Waals surface area contributed by atoms with E-state index >= 15 is 0 Å². The Hall–Kier alpha value is -1.15. The molecule has 7 nitrogen and oxygen atoms in total. The minimum absolute atomic E-state index is 0.0272. The fourth-order valence-electron chi connectivity index (χ4n) is 1.90. The van der Waals surface area contributed by atoms with Crippen LogP contribution in [0, 0.1) is 0 Å². The first kappa shape index (κ1) is 11.0. The Balaban J connectivity index is 1.71. The molecule has 3 rings (SSSR count). The standard InChI is InChI=1S/C9H14N4O3S/c14-17(15,6-3-4-6)13-9-12-11-8(16-9)7-2-1-5-10-7/h6-7,10H,1-5H2,(H,12,13). The molecule has 1 saturated heterocycles. The highest BCUT2D eigenvalue weighted by Crippen LogP contribution is 2.30. The molecule has 0 amide bonds.